The summed E-state index contributed by atoms with van der Waals surface area (Å²) >= 11 is 1.88. The van der Waals surface area contributed by atoms with Gasteiger partial charge in [0.1, 0.15) is 0 Å². The molecule has 10 aromatic carbocycles. The third-order valence-electron chi connectivity index (χ3n) is 11.7. The van der Waals surface area contributed by atoms with Gasteiger partial charge in [0.2, 0.25) is 0 Å². The summed E-state index contributed by atoms with van der Waals surface area (Å²) in [6.45, 7) is 0. The van der Waals surface area contributed by atoms with E-state index in [1.54, 1.807) is 0 Å². The van der Waals surface area contributed by atoms with Gasteiger partial charge < -0.3 is 4.90 Å². The molecule has 11 aromatic rings. The molecule has 0 saturated carbocycles. The lowest BCUT2D eigenvalue weighted by Crippen LogP contribution is -2.11. The van der Waals surface area contributed by atoms with Gasteiger partial charge in [0.05, 0.1) is 5.69 Å². The van der Waals surface area contributed by atoms with Crippen LogP contribution < -0.4 is 4.90 Å². The van der Waals surface area contributed by atoms with Gasteiger partial charge in [0, 0.05) is 42.7 Å². The Hall–Kier alpha value is -7.52. The first-order valence-electron chi connectivity index (χ1n) is 20.5. The maximum atomic E-state index is 2.43. The molecule has 11 rings (SSSR count). The molecule has 60 heavy (non-hydrogen) atoms. The summed E-state index contributed by atoms with van der Waals surface area (Å²) in [5.74, 6) is 0. The Labute approximate surface area is 354 Å². The molecule has 2 heteroatoms. The molecular weight excluding hydrogens is 743 g/mol. The monoisotopic (exact) mass is 781 g/mol. The number of fused-ring (bicyclic) bond motifs is 4. The van der Waals surface area contributed by atoms with E-state index in [2.05, 4.69) is 241 Å². The summed E-state index contributed by atoms with van der Waals surface area (Å²) in [5.41, 5.74) is 15.4. The highest BCUT2D eigenvalue weighted by molar-refractivity contribution is 7.26. The normalized spacial score (nSPS) is 11.3. The lowest BCUT2D eigenvalue weighted by Gasteiger charge is -2.28. The fourth-order valence-electron chi connectivity index (χ4n) is 8.72. The molecule has 0 atom stereocenters. The zero-order valence-corrected chi connectivity index (χ0v) is 33.7. The van der Waals surface area contributed by atoms with Crippen molar-refractivity contribution in [1.29, 1.82) is 0 Å². The number of thiophene rings is 1. The topological polar surface area (TPSA) is 3.24 Å². The highest BCUT2D eigenvalue weighted by Gasteiger charge is 2.20. The molecule has 0 bridgehead atoms. The fourth-order valence-corrected chi connectivity index (χ4v) is 9.95. The van der Waals surface area contributed by atoms with Gasteiger partial charge in [-0.3, -0.25) is 0 Å². The number of hydrogen-bond acceptors (Lipinski definition) is 2. The van der Waals surface area contributed by atoms with E-state index in [9.17, 15) is 0 Å². The van der Waals surface area contributed by atoms with E-state index >= 15 is 0 Å². The minimum atomic E-state index is 1.10. The molecule has 0 aliphatic rings. The molecule has 0 aliphatic carbocycles. The summed E-state index contributed by atoms with van der Waals surface area (Å²) in [7, 11) is 0. The second-order valence-corrected chi connectivity index (χ2v) is 16.3. The van der Waals surface area contributed by atoms with Gasteiger partial charge in [-0.25, -0.2) is 0 Å². The minimum absolute atomic E-state index is 1.10. The molecule has 0 fully saturated rings. The van der Waals surface area contributed by atoms with Crippen LogP contribution in [-0.4, -0.2) is 0 Å². The molecule has 0 N–H and O–H groups in total. The van der Waals surface area contributed by atoms with Gasteiger partial charge in [0.25, 0.3) is 0 Å². The van der Waals surface area contributed by atoms with Crippen LogP contribution in [0.3, 0.4) is 0 Å². The standard InChI is InChI=1S/C58H39NS/c1-2-13-40(14-3-1)41-27-29-42(30-28-41)43-35-37-48(38-36-43)59(56-25-8-6-20-52(56)54-23-12-24-55-53-21-7-9-26-57(53)60-58(54)55)49-18-10-17-47(39-49)44-31-33-46(34-32-44)51-22-11-16-45-15-4-5-19-50(45)51/h1-39H. The van der Waals surface area contributed by atoms with Crippen LogP contribution in [-0.2, 0) is 0 Å². The summed E-state index contributed by atoms with van der Waals surface area (Å²) in [6.07, 6.45) is 0. The largest absolute Gasteiger partial charge is 0.310 e. The van der Waals surface area contributed by atoms with Crippen molar-refractivity contribution in [3.63, 3.8) is 0 Å². The molecule has 0 unspecified atom stereocenters. The maximum absolute atomic E-state index is 2.43. The van der Waals surface area contributed by atoms with Crippen molar-refractivity contribution >= 4 is 59.3 Å². The van der Waals surface area contributed by atoms with Crippen LogP contribution in [0, 0.1) is 0 Å². The highest BCUT2D eigenvalue weighted by atomic mass is 32.1. The summed E-state index contributed by atoms with van der Waals surface area (Å²) in [6, 6.07) is 86.1. The van der Waals surface area contributed by atoms with Crippen LogP contribution in [0.2, 0.25) is 0 Å². The van der Waals surface area contributed by atoms with Crippen molar-refractivity contribution in [1.82, 2.24) is 0 Å². The van der Waals surface area contributed by atoms with Crippen molar-refractivity contribution in [3.05, 3.63) is 237 Å². The quantitative estimate of drug-likeness (QED) is 0.148. The van der Waals surface area contributed by atoms with Crippen molar-refractivity contribution in [2.24, 2.45) is 0 Å². The van der Waals surface area contributed by atoms with Gasteiger partial charge in [-0.05, 0) is 91.7 Å². The predicted molar refractivity (Wildman–Crippen MR) is 259 cm³/mol. The van der Waals surface area contributed by atoms with Crippen LogP contribution in [0.4, 0.5) is 17.1 Å². The number of anilines is 3. The Morgan fingerprint density at radius 1 is 0.283 bits per heavy atom. The molecule has 282 valence electrons. The predicted octanol–water partition coefficient (Wildman–Crippen LogP) is 17.0. The van der Waals surface area contributed by atoms with Gasteiger partial charge in [-0.2, -0.15) is 0 Å². The van der Waals surface area contributed by atoms with E-state index in [-0.39, 0.29) is 0 Å². The Balaban J connectivity index is 1.01. The average molecular weight is 782 g/mol. The molecule has 0 radical (unpaired) electrons. The Morgan fingerprint density at radius 3 is 1.57 bits per heavy atom. The van der Waals surface area contributed by atoms with E-state index in [0.29, 0.717) is 0 Å². The number of benzene rings is 10. The van der Waals surface area contributed by atoms with E-state index in [4.69, 9.17) is 0 Å². The van der Waals surface area contributed by atoms with Crippen molar-refractivity contribution in [3.8, 4) is 55.6 Å². The molecule has 0 saturated heterocycles. The van der Waals surface area contributed by atoms with Crippen LogP contribution >= 0.6 is 11.3 Å². The summed E-state index contributed by atoms with van der Waals surface area (Å²) in [4.78, 5) is 2.43. The van der Waals surface area contributed by atoms with Crippen molar-refractivity contribution in [2.45, 2.75) is 0 Å². The third kappa shape index (κ3) is 6.54. The zero-order chi connectivity index (χ0) is 39.8. The number of nitrogens with zero attached hydrogens (tertiary/aromatic N) is 1. The molecule has 0 spiro atoms. The molecule has 1 nitrogen and oxygen atoms in total. The van der Waals surface area contributed by atoms with Gasteiger partial charge in [-0.1, -0.05) is 200 Å². The third-order valence-corrected chi connectivity index (χ3v) is 12.9. The van der Waals surface area contributed by atoms with Crippen LogP contribution in [0.15, 0.2) is 237 Å². The molecule has 1 heterocycles. The second kappa shape index (κ2) is 15.3. The first-order valence-corrected chi connectivity index (χ1v) is 21.3. The van der Waals surface area contributed by atoms with Crippen LogP contribution in [0.25, 0.3) is 86.6 Å². The second-order valence-electron chi connectivity index (χ2n) is 15.3. The number of para-hydroxylation sites is 1. The lowest BCUT2D eigenvalue weighted by atomic mass is 9.96. The zero-order valence-electron chi connectivity index (χ0n) is 32.9. The van der Waals surface area contributed by atoms with Gasteiger partial charge >= 0.3 is 0 Å². The van der Waals surface area contributed by atoms with Gasteiger partial charge in [0.15, 0.2) is 0 Å². The minimum Gasteiger partial charge on any atom is -0.310 e. The Bertz CT molecular complexity index is 3280. The van der Waals surface area contributed by atoms with Crippen molar-refractivity contribution < 1.29 is 0 Å². The van der Waals surface area contributed by atoms with Crippen LogP contribution in [0.1, 0.15) is 0 Å². The maximum Gasteiger partial charge on any atom is 0.0540 e. The summed E-state index contributed by atoms with van der Waals surface area (Å²) < 4.78 is 2.61. The average Bonchev–Trinajstić information content (AvgIpc) is 3.72. The Kier molecular flexibility index (Phi) is 9.11. The highest BCUT2D eigenvalue weighted by Crippen LogP contribution is 2.46. The van der Waals surface area contributed by atoms with E-state index in [0.717, 1.165) is 17.1 Å². The smallest absolute Gasteiger partial charge is 0.0540 e. The van der Waals surface area contributed by atoms with Crippen LogP contribution in [0.5, 0.6) is 0 Å². The molecule has 1 aromatic heterocycles. The number of rotatable bonds is 8. The van der Waals surface area contributed by atoms with E-state index in [1.807, 2.05) is 11.3 Å². The Morgan fingerprint density at radius 2 is 0.783 bits per heavy atom. The van der Waals surface area contributed by atoms with E-state index < -0.39 is 0 Å². The fraction of sp³-hybridized carbons (Fsp3) is 0. The summed E-state index contributed by atoms with van der Waals surface area (Å²) in [5, 5.41) is 5.13. The number of hydrogen-bond donors (Lipinski definition) is 0. The molecule has 0 aliphatic heterocycles. The van der Waals surface area contributed by atoms with Crippen molar-refractivity contribution in [2.75, 3.05) is 4.90 Å². The van der Waals surface area contributed by atoms with E-state index in [1.165, 1.54) is 86.6 Å². The van der Waals surface area contributed by atoms with Gasteiger partial charge in [-0.15, -0.1) is 11.3 Å². The first-order chi connectivity index (χ1) is 29.7. The first kappa shape index (κ1) is 35.6. The lowest BCUT2D eigenvalue weighted by molar-refractivity contribution is 1.28. The molecule has 0 amide bonds. The SMILES string of the molecule is c1ccc(-c2ccc(-c3ccc(N(c4cccc(-c5ccc(-c6cccc7ccccc67)cc5)c4)c4ccccc4-c4cccc5c4sc4ccccc45)cc3)cc2)cc1. The molecular formula is C58H39NS.